The summed E-state index contributed by atoms with van der Waals surface area (Å²) in [6, 6.07) is 0. The van der Waals surface area contributed by atoms with Gasteiger partial charge in [0.15, 0.2) is 0 Å². The molecule has 0 spiro atoms. The maximum absolute atomic E-state index is 10.5. The first-order chi connectivity index (χ1) is 11.2. The van der Waals surface area contributed by atoms with Crippen LogP contribution in [-0.2, 0) is 28.9 Å². The number of carboxylic acid groups (broad SMARTS) is 4. The number of nitrogens with zero attached hydrogens (tertiary/aromatic N) is 2. The molecule has 0 aromatic carbocycles. The van der Waals surface area contributed by atoms with Crippen LogP contribution in [-0.4, -0.2) is 93.8 Å². The predicted octanol–water partition coefficient (Wildman–Crippen LogP) is -1.43. The number of hydrogen-bond donors (Lipinski definition) is 4. The monoisotopic (exact) mass is 352 g/mol. The minimum absolute atomic E-state index is 0.0295. The topological polar surface area (TPSA) is 174 Å². The number of carbonyl (C=O) groups is 4. The minimum atomic E-state index is -1.24. The maximum atomic E-state index is 10.5. The van der Waals surface area contributed by atoms with Gasteiger partial charge >= 0.3 is 23.9 Å². The van der Waals surface area contributed by atoms with Crippen LogP contribution in [0.5, 0.6) is 0 Å². The van der Waals surface area contributed by atoms with E-state index in [2.05, 4.69) is 0 Å². The second-order valence-electron chi connectivity index (χ2n) is 4.54. The lowest BCUT2D eigenvalue weighted by Gasteiger charge is -2.19. The Morgan fingerprint density at radius 1 is 0.583 bits per heavy atom. The minimum Gasteiger partial charge on any atom is -0.480 e. The standard InChI is InChI=1S/C12H20N2O10/c15-9(16)5-13(6-10(17)18)23-3-1-2-4-24-14(7-11(19)20)8-12(21)22/h1-8H2,(H,15,16)(H,17,18)(H,19,20)(H,21,22). The summed E-state index contributed by atoms with van der Waals surface area (Å²) >= 11 is 0. The molecule has 0 aromatic rings. The highest BCUT2D eigenvalue weighted by Crippen LogP contribution is 1.99. The summed E-state index contributed by atoms with van der Waals surface area (Å²) < 4.78 is 0. The molecule has 0 aromatic heterocycles. The van der Waals surface area contributed by atoms with Crippen LogP contribution in [0.25, 0.3) is 0 Å². The van der Waals surface area contributed by atoms with E-state index in [0.29, 0.717) is 12.8 Å². The highest BCUT2D eigenvalue weighted by atomic mass is 16.7. The summed E-state index contributed by atoms with van der Waals surface area (Å²) in [5.41, 5.74) is 0. The molecule has 0 radical (unpaired) electrons. The summed E-state index contributed by atoms with van der Waals surface area (Å²) in [6.07, 6.45) is 0.730. The normalized spacial score (nSPS) is 10.9. The van der Waals surface area contributed by atoms with E-state index >= 15 is 0 Å². The van der Waals surface area contributed by atoms with Crippen LogP contribution in [0.15, 0.2) is 0 Å². The third-order valence-corrected chi connectivity index (χ3v) is 2.33. The summed E-state index contributed by atoms with van der Waals surface area (Å²) in [6.45, 7) is -2.30. The molecule has 0 atom stereocenters. The van der Waals surface area contributed by atoms with Crippen molar-refractivity contribution < 1.29 is 49.3 Å². The number of carboxylic acids is 4. The molecule has 0 saturated carbocycles. The Balaban J connectivity index is 3.99. The molecule has 12 heteroatoms. The van der Waals surface area contributed by atoms with Crippen LogP contribution < -0.4 is 0 Å². The Hall–Kier alpha value is -2.28. The van der Waals surface area contributed by atoms with E-state index in [9.17, 15) is 19.2 Å². The Morgan fingerprint density at radius 2 is 0.833 bits per heavy atom. The van der Waals surface area contributed by atoms with Crippen molar-refractivity contribution in [2.24, 2.45) is 0 Å². The first kappa shape index (κ1) is 21.7. The van der Waals surface area contributed by atoms with Gasteiger partial charge in [0.2, 0.25) is 0 Å². The first-order valence-electron chi connectivity index (χ1n) is 6.83. The third kappa shape index (κ3) is 13.4. The van der Waals surface area contributed by atoms with E-state index in [4.69, 9.17) is 30.1 Å². The Labute approximate surface area is 136 Å². The lowest BCUT2D eigenvalue weighted by atomic mass is 10.3. The van der Waals surface area contributed by atoms with Crippen LogP contribution in [0.4, 0.5) is 0 Å². The van der Waals surface area contributed by atoms with Gasteiger partial charge in [-0.05, 0) is 12.8 Å². The van der Waals surface area contributed by atoms with Crippen LogP contribution >= 0.6 is 0 Å². The smallest absolute Gasteiger partial charge is 0.320 e. The molecule has 0 aliphatic heterocycles. The van der Waals surface area contributed by atoms with Gasteiger partial charge in [0.05, 0.1) is 13.2 Å². The van der Waals surface area contributed by atoms with Crippen LogP contribution in [0.3, 0.4) is 0 Å². The predicted molar refractivity (Wildman–Crippen MR) is 74.8 cm³/mol. The van der Waals surface area contributed by atoms with Crippen molar-refractivity contribution >= 4 is 23.9 Å². The van der Waals surface area contributed by atoms with Gasteiger partial charge in [0, 0.05) is 0 Å². The molecule has 0 amide bonds. The van der Waals surface area contributed by atoms with Crippen molar-refractivity contribution in [1.82, 2.24) is 10.1 Å². The third-order valence-electron chi connectivity index (χ3n) is 2.33. The largest absolute Gasteiger partial charge is 0.480 e. The summed E-state index contributed by atoms with van der Waals surface area (Å²) in [5, 5.41) is 36.0. The van der Waals surface area contributed by atoms with Gasteiger partial charge in [-0.1, -0.05) is 0 Å². The van der Waals surface area contributed by atoms with Gasteiger partial charge in [-0.15, -0.1) is 0 Å². The fraction of sp³-hybridized carbons (Fsp3) is 0.667. The quantitative estimate of drug-likeness (QED) is 0.200. The van der Waals surface area contributed by atoms with Crippen LogP contribution in [0.2, 0.25) is 0 Å². The molecular weight excluding hydrogens is 332 g/mol. The average molecular weight is 352 g/mol. The van der Waals surface area contributed by atoms with Crippen molar-refractivity contribution in [3.05, 3.63) is 0 Å². The number of unbranched alkanes of at least 4 members (excludes halogenated alkanes) is 1. The van der Waals surface area contributed by atoms with Crippen molar-refractivity contribution in [2.75, 3.05) is 39.4 Å². The zero-order chi connectivity index (χ0) is 18.5. The second kappa shape index (κ2) is 12.2. The van der Waals surface area contributed by atoms with E-state index in [1.807, 2.05) is 0 Å². The summed E-state index contributed by atoms with van der Waals surface area (Å²) in [5.74, 6) is -4.95. The van der Waals surface area contributed by atoms with E-state index in [-0.39, 0.29) is 13.2 Å². The molecule has 0 unspecified atom stereocenters. The lowest BCUT2D eigenvalue weighted by Crippen LogP contribution is -2.35. The van der Waals surface area contributed by atoms with Gasteiger partial charge < -0.3 is 20.4 Å². The lowest BCUT2D eigenvalue weighted by molar-refractivity contribution is -0.192. The molecule has 0 heterocycles. The maximum Gasteiger partial charge on any atom is 0.320 e. The Bertz CT molecular complexity index is 370. The average Bonchev–Trinajstić information content (AvgIpc) is 2.39. The fourth-order valence-electron chi connectivity index (χ4n) is 1.49. The molecule has 0 rings (SSSR count). The molecule has 12 nitrogen and oxygen atoms in total. The number of rotatable bonds is 15. The number of hydrogen-bond acceptors (Lipinski definition) is 8. The van der Waals surface area contributed by atoms with Gasteiger partial charge in [-0.25, -0.2) is 0 Å². The highest BCUT2D eigenvalue weighted by Gasteiger charge is 2.15. The van der Waals surface area contributed by atoms with Gasteiger partial charge in [0.25, 0.3) is 0 Å². The Kier molecular flexibility index (Phi) is 11.0. The Morgan fingerprint density at radius 3 is 1.04 bits per heavy atom. The summed E-state index contributed by atoms with van der Waals surface area (Å²) in [4.78, 5) is 52.2. The summed E-state index contributed by atoms with van der Waals surface area (Å²) in [7, 11) is 0. The van der Waals surface area contributed by atoms with E-state index in [0.717, 1.165) is 10.1 Å². The molecule has 4 N–H and O–H groups in total. The number of aliphatic carboxylic acids is 4. The molecular formula is C12H20N2O10. The second-order valence-corrected chi connectivity index (χ2v) is 4.54. The molecule has 0 fully saturated rings. The van der Waals surface area contributed by atoms with Gasteiger partial charge in [-0.3, -0.25) is 28.9 Å². The van der Waals surface area contributed by atoms with Crippen molar-refractivity contribution in [2.45, 2.75) is 12.8 Å². The molecule has 0 aliphatic carbocycles. The molecule has 0 aliphatic rings. The first-order valence-corrected chi connectivity index (χ1v) is 6.83. The van der Waals surface area contributed by atoms with Gasteiger partial charge in [0.1, 0.15) is 26.2 Å². The van der Waals surface area contributed by atoms with Crippen LogP contribution in [0, 0.1) is 0 Å². The number of hydroxylamine groups is 4. The zero-order valence-corrected chi connectivity index (χ0v) is 12.8. The van der Waals surface area contributed by atoms with E-state index in [1.54, 1.807) is 0 Å². The van der Waals surface area contributed by atoms with Crippen LogP contribution in [0.1, 0.15) is 12.8 Å². The van der Waals surface area contributed by atoms with E-state index < -0.39 is 50.1 Å². The van der Waals surface area contributed by atoms with E-state index in [1.165, 1.54) is 0 Å². The van der Waals surface area contributed by atoms with Gasteiger partial charge in [-0.2, -0.15) is 10.1 Å². The highest BCUT2D eigenvalue weighted by molar-refractivity contribution is 5.72. The fourth-order valence-corrected chi connectivity index (χ4v) is 1.49. The zero-order valence-electron chi connectivity index (χ0n) is 12.8. The van der Waals surface area contributed by atoms with Crippen molar-refractivity contribution in [3.63, 3.8) is 0 Å². The van der Waals surface area contributed by atoms with Crippen molar-refractivity contribution in [3.8, 4) is 0 Å². The van der Waals surface area contributed by atoms with Crippen molar-refractivity contribution in [1.29, 1.82) is 0 Å². The molecule has 24 heavy (non-hydrogen) atoms. The molecule has 0 bridgehead atoms. The molecule has 138 valence electrons. The molecule has 0 saturated heterocycles. The SMILES string of the molecule is O=C(O)CN(CC(=O)O)OCCCCON(CC(=O)O)CC(=O)O.